The van der Waals surface area contributed by atoms with Gasteiger partial charge < -0.3 is 0 Å². The highest BCUT2D eigenvalue weighted by Gasteiger charge is 2.33. The second kappa shape index (κ2) is 9.39. The van der Waals surface area contributed by atoms with Crippen LogP contribution in [0.15, 0.2) is 91.0 Å². The molecule has 0 saturated carbocycles. The lowest BCUT2D eigenvalue weighted by Crippen LogP contribution is -2.32. The minimum atomic E-state index is -0.539. The molecule has 2 heteroatoms. The van der Waals surface area contributed by atoms with E-state index >= 15 is 0 Å². The molecule has 29 heavy (non-hydrogen) atoms. The van der Waals surface area contributed by atoms with Gasteiger partial charge in [0.15, 0.2) is 0 Å². The van der Waals surface area contributed by atoms with Crippen LogP contribution >= 0.6 is 0 Å². The van der Waals surface area contributed by atoms with Gasteiger partial charge in [-0.3, -0.25) is 0 Å². The van der Waals surface area contributed by atoms with Crippen LogP contribution in [0.4, 0.5) is 0 Å². The van der Waals surface area contributed by atoms with E-state index in [1.54, 1.807) is 0 Å². The molecule has 0 radical (unpaired) electrons. The lowest BCUT2D eigenvalue weighted by molar-refractivity contribution is -0.415. The summed E-state index contributed by atoms with van der Waals surface area (Å²) in [4.78, 5) is 12.3. The molecule has 0 aliphatic rings. The van der Waals surface area contributed by atoms with Crippen molar-refractivity contribution >= 4 is 0 Å². The molecule has 3 aromatic rings. The number of hydrogen-bond donors (Lipinski definition) is 0. The molecule has 0 aliphatic heterocycles. The Bertz CT molecular complexity index is 859. The van der Waals surface area contributed by atoms with E-state index in [-0.39, 0.29) is 0 Å². The van der Waals surface area contributed by atoms with Crippen molar-refractivity contribution in [3.8, 4) is 0 Å². The molecule has 0 aromatic heterocycles. The maximum absolute atomic E-state index is 6.22. The van der Waals surface area contributed by atoms with E-state index in [0.717, 1.165) is 24.0 Å². The molecule has 0 bridgehead atoms. The SMILES string of the molecule is CC(CCC(C)(OOC(C)(C)c1ccccc1)c1ccccc1)c1ccccc1. The summed E-state index contributed by atoms with van der Waals surface area (Å²) in [7, 11) is 0. The van der Waals surface area contributed by atoms with Gasteiger partial charge in [0.05, 0.1) is 0 Å². The fourth-order valence-corrected chi connectivity index (χ4v) is 3.55. The third-order valence-corrected chi connectivity index (χ3v) is 5.71. The van der Waals surface area contributed by atoms with Gasteiger partial charge in [-0.25, -0.2) is 9.78 Å². The lowest BCUT2D eigenvalue weighted by atomic mass is 9.86. The fourth-order valence-electron chi connectivity index (χ4n) is 3.55. The van der Waals surface area contributed by atoms with Crippen LogP contribution in [0, 0.1) is 0 Å². The van der Waals surface area contributed by atoms with Gasteiger partial charge in [0, 0.05) is 0 Å². The topological polar surface area (TPSA) is 18.5 Å². The monoisotopic (exact) mass is 388 g/mol. The predicted molar refractivity (Wildman–Crippen MR) is 120 cm³/mol. The van der Waals surface area contributed by atoms with Crippen molar-refractivity contribution < 1.29 is 9.78 Å². The molecule has 2 atom stereocenters. The molecule has 0 amide bonds. The molecule has 2 nitrogen and oxygen atoms in total. The highest BCUT2D eigenvalue weighted by Crippen LogP contribution is 2.37. The van der Waals surface area contributed by atoms with Gasteiger partial charge in [-0.1, -0.05) is 97.9 Å². The van der Waals surface area contributed by atoms with E-state index in [1.165, 1.54) is 5.56 Å². The first kappa shape index (κ1) is 21.3. The van der Waals surface area contributed by atoms with Crippen molar-refractivity contribution in [3.63, 3.8) is 0 Å². The van der Waals surface area contributed by atoms with Crippen LogP contribution in [0.2, 0.25) is 0 Å². The summed E-state index contributed by atoms with van der Waals surface area (Å²) in [6, 6.07) is 31.2. The van der Waals surface area contributed by atoms with Crippen LogP contribution in [0.25, 0.3) is 0 Å². The van der Waals surface area contributed by atoms with Crippen molar-refractivity contribution in [2.24, 2.45) is 0 Å². The van der Waals surface area contributed by atoms with E-state index in [4.69, 9.17) is 9.78 Å². The van der Waals surface area contributed by atoms with E-state index in [9.17, 15) is 0 Å². The molecule has 3 aromatic carbocycles. The van der Waals surface area contributed by atoms with E-state index in [1.807, 2.05) is 38.1 Å². The second-order valence-electron chi connectivity index (χ2n) is 8.49. The van der Waals surface area contributed by atoms with Gasteiger partial charge in [-0.05, 0) is 56.2 Å². The van der Waals surface area contributed by atoms with Crippen molar-refractivity contribution in [2.75, 3.05) is 0 Å². The average molecular weight is 389 g/mol. The Hall–Kier alpha value is -2.42. The smallest absolute Gasteiger partial charge is 0.126 e. The largest absolute Gasteiger partial charge is 0.225 e. The molecule has 0 aliphatic carbocycles. The quantitative estimate of drug-likeness (QED) is 0.281. The Labute approximate surface area is 175 Å². The summed E-state index contributed by atoms with van der Waals surface area (Å²) < 4.78 is 0. The molecule has 0 fully saturated rings. The van der Waals surface area contributed by atoms with Gasteiger partial charge in [0.2, 0.25) is 0 Å². The molecule has 0 saturated heterocycles. The van der Waals surface area contributed by atoms with Crippen LogP contribution in [-0.4, -0.2) is 0 Å². The van der Waals surface area contributed by atoms with Gasteiger partial charge >= 0.3 is 0 Å². The second-order valence-corrected chi connectivity index (χ2v) is 8.49. The number of rotatable bonds is 9. The molecule has 0 spiro atoms. The summed E-state index contributed by atoms with van der Waals surface area (Å²) >= 11 is 0. The predicted octanol–water partition coefficient (Wildman–Crippen LogP) is 7.37. The maximum atomic E-state index is 6.22. The van der Waals surface area contributed by atoms with Gasteiger partial charge in [-0.15, -0.1) is 0 Å². The Balaban J connectivity index is 1.75. The van der Waals surface area contributed by atoms with Crippen LogP contribution in [0.5, 0.6) is 0 Å². The Morgan fingerprint density at radius 3 is 1.69 bits per heavy atom. The van der Waals surface area contributed by atoms with E-state index in [2.05, 4.69) is 80.6 Å². The molecular weight excluding hydrogens is 356 g/mol. The standard InChI is InChI=1S/C27H32O2/c1-22(23-14-8-5-9-15-23)20-21-27(4,25-18-12-7-13-19-25)29-28-26(2,3)24-16-10-6-11-17-24/h5-19,22H,20-21H2,1-4H3. The first-order valence-electron chi connectivity index (χ1n) is 10.4. The fraction of sp³-hybridized carbons (Fsp3) is 0.333. The lowest BCUT2D eigenvalue weighted by Gasteiger charge is -2.34. The van der Waals surface area contributed by atoms with Gasteiger partial charge in [0.25, 0.3) is 0 Å². The van der Waals surface area contributed by atoms with Crippen LogP contribution in [-0.2, 0) is 21.0 Å². The normalized spacial score (nSPS) is 14.9. The zero-order chi connectivity index (χ0) is 20.7. The summed E-state index contributed by atoms with van der Waals surface area (Å²) in [6.07, 6.45) is 1.86. The van der Waals surface area contributed by atoms with Crippen molar-refractivity contribution in [2.45, 2.75) is 57.7 Å². The van der Waals surface area contributed by atoms with Crippen LogP contribution in [0.3, 0.4) is 0 Å². The third kappa shape index (κ3) is 5.56. The first-order chi connectivity index (χ1) is 13.9. The number of benzene rings is 3. The van der Waals surface area contributed by atoms with Gasteiger partial charge in [-0.2, -0.15) is 0 Å². The molecule has 152 valence electrons. The molecule has 2 unspecified atom stereocenters. The van der Waals surface area contributed by atoms with Crippen molar-refractivity contribution in [1.29, 1.82) is 0 Å². The minimum absolute atomic E-state index is 0.449. The summed E-state index contributed by atoms with van der Waals surface area (Å²) in [5.74, 6) is 0.449. The molecule has 0 N–H and O–H groups in total. The zero-order valence-corrected chi connectivity index (χ0v) is 18.0. The highest BCUT2D eigenvalue weighted by atomic mass is 17.2. The maximum Gasteiger partial charge on any atom is 0.126 e. The third-order valence-electron chi connectivity index (χ3n) is 5.71. The summed E-state index contributed by atoms with van der Waals surface area (Å²) in [5.41, 5.74) is 2.50. The highest BCUT2D eigenvalue weighted by molar-refractivity contribution is 5.23. The van der Waals surface area contributed by atoms with Crippen LogP contribution in [0.1, 0.15) is 63.1 Å². The molecular formula is C27H32O2. The molecule has 0 heterocycles. The Kier molecular flexibility index (Phi) is 6.89. The summed E-state index contributed by atoms with van der Waals surface area (Å²) in [5, 5.41) is 0. The van der Waals surface area contributed by atoms with Crippen LogP contribution < -0.4 is 0 Å². The molecule has 3 rings (SSSR count). The average Bonchev–Trinajstić information content (AvgIpc) is 2.78. The zero-order valence-electron chi connectivity index (χ0n) is 18.0. The number of hydrogen-bond acceptors (Lipinski definition) is 2. The van der Waals surface area contributed by atoms with Crippen molar-refractivity contribution in [1.82, 2.24) is 0 Å². The Morgan fingerprint density at radius 2 is 1.14 bits per heavy atom. The summed E-state index contributed by atoms with van der Waals surface area (Å²) in [6.45, 7) is 8.48. The minimum Gasteiger partial charge on any atom is -0.225 e. The van der Waals surface area contributed by atoms with E-state index in [0.29, 0.717) is 5.92 Å². The Morgan fingerprint density at radius 1 is 0.655 bits per heavy atom. The van der Waals surface area contributed by atoms with E-state index < -0.39 is 11.2 Å². The van der Waals surface area contributed by atoms with Crippen molar-refractivity contribution in [3.05, 3.63) is 108 Å². The first-order valence-corrected chi connectivity index (χ1v) is 10.4. The van der Waals surface area contributed by atoms with Gasteiger partial charge in [0.1, 0.15) is 11.2 Å².